The summed E-state index contributed by atoms with van der Waals surface area (Å²) >= 11 is 0. The Kier molecular flexibility index (Phi) is 23.8. The summed E-state index contributed by atoms with van der Waals surface area (Å²) in [5.74, 6) is -12.9. The maximum atomic E-state index is 14.3. The van der Waals surface area contributed by atoms with E-state index < -0.39 is 230 Å². The van der Waals surface area contributed by atoms with Gasteiger partial charge in [-0.15, -0.1) is 0 Å². The summed E-state index contributed by atoms with van der Waals surface area (Å²) in [6.07, 6.45) is -6.40. The Morgan fingerprint density at radius 2 is 1.37 bits per heavy atom. The van der Waals surface area contributed by atoms with E-state index in [0.29, 0.717) is 25.7 Å². The Morgan fingerprint density at radius 1 is 0.758 bits per heavy atom. The van der Waals surface area contributed by atoms with Crippen LogP contribution in [-0.4, -0.2) is 217 Å². The molecule has 2 aromatic rings. The van der Waals surface area contributed by atoms with Gasteiger partial charge in [0, 0.05) is 48.9 Å². The first kappa shape index (κ1) is 70.7. The summed E-state index contributed by atoms with van der Waals surface area (Å²) in [7, 11) is 1.26. The fraction of sp³-hybridized carbons (Fsp3) is 0.617. The van der Waals surface area contributed by atoms with Crippen LogP contribution in [0.3, 0.4) is 0 Å². The third kappa shape index (κ3) is 16.3. The van der Waals surface area contributed by atoms with Gasteiger partial charge in [0.05, 0.1) is 67.4 Å². The van der Waals surface area contributed by atoms with Crippen LogP contribution in [0.5, 0.6) is 17.2 Å². The number of carbonyl (C=O) groups excluding carboxylic acids is 11. The van der Waals surface area contributed by atoms with Crippen molar-refractivity contribution in [3.05, 3.63) is 51.6 Å². The van der Waals surface area contributed by atoms with Crippen molar-refractivity contribution in [3.8, 4) is 17.2 Å². The van der Waals surface area contributed by atoms with E-state index in [9.17, 15) is 93.6 Å². The number of rotatable bonds is 27. The number of hydrogen-bond donors (Lipinski definition) is 17. The zero-order valence-corrected chi connectivity index (χ0v) is 51.1. The van der Waals surface area contributed by atoms with Gasteiger partial charge in [-0.25, -0.2) is 0 Å². The number of benzene rings is 2. The van der Waals surface area contributed by atoms with Crippen molar-refractivity contribution in [1.82, 2.24) is 42.5 Å². The normalized spacial score (nSPS) is 24.9. The fourth-order valence-corrected chi connectivity index (χ4v) is 12.3. The Labute approximate surface area is 522 Å². The van der Waals surface area contributed by atoms with Gasteiger partial charge in [0.1, 0.15) is 71.8 Å². The number of fused-ring (bicyclic) bond motifs is 3. The van der Waals surface area contributed by atoms with Gasteiger partial charge in [-0.1, -0.05) is 45.2 Å². The van der Waals surface area contributed by atoms with E-state index in [-0.39, 0.29) is 53.3 Å². The van der Waals surface area contributed by atoms with Crippen LogP contribution in [0.15, 0.2) is 18.2 Å². The standard InChI is InChI=1S/C60H83N9O22/c1-25(2)16-35(56(84)65-33-18-42(90-27(4)48(33)76)91-39-20-60(88,40(74)24-72)19-31-44(39)52(80)46-45(50(31)78)49(77)30-12-9-13-38(89-5)43(30)51(46)79)66-57(85)36(22-70)68-54(82)32(14-15-41(61)75)64-59(87)47(28-10-7-6-8-11-28)69-58(86)37(23-71)67-53(81)26(3)63-55(83)34-17-29(73)21-62-34/h9,12-13,25-29,32-37,39,42,47-48,62,70-73,76,78,80,88H,6-8,10-11,14-24H2,1-5H3,(H2,61,75)(H,63,83)(H,64,87)(H,65,84)(H,66,85)(H,67,81)(H,68,82)(H,69,86)/t26-,27+,29-,32-,33+,34-,35-,36-,37-,39-,42+,47?,48-,60-/m0/s1. The molecule has 0 aromatic heterocycles. The Bertz CT molecular complexity index is 3120. The average Bonchev–Trinajstić information content (AvgIpc) is 0.983. The van der Waals surface area contributed by atoms with Crippen molar-refractivity contribution in [2.24, 2.45) is 17.6 Å². The van der Waals surface area contributed by atoms with Crippen molar-refractivity contribution in [2.75, 3.05) is 33.5 Å². The number of primary amides is 1. The monoisotopic (exact) mass is 1280 g/mol. The van der Waals surface area contributed by atoms with Crippen molar-refractivity contribution >= 4 is 64.6 Å². The van der Waals surface area contributed by atoms with E-state index in [1.807, 2.05) is 0 Å². The van der Waals surface area contributed by atoms with Crippen LogP contribution >= 0.6 is 0 Å². The molecule has 1 saturated carbocycles. The molecule has 31 nitrogen and oxygen atoms in total. The zero-order valence-electron chi connectivity index (χ0n) is 51.1. The Morgan fingerprint density at radius 3 is 1.98 bits per heavy atom. The first-order valence-corrected chi connectivity index (χ1v) is 30.3. The molecule has 7 rings (SSSR count). The summed E-state index contributed by atoms with van der Waals surface area (Å²) in [5, 5.41) is 108. The largest absolute Gasteiger partial charge is 0.507 e. The van der Waals surface area contributed by atoms with Crippen LogP contribution in [0.25, 0.3) is 0 Å². The molecule has 5 aliphatic rings. The van der Waals surface area contributed by atoms with E-state index >= 15 is 0 Å². The predicted molar refractivity (Wildman–Crippen MR) is 314 cm³/mol. The second-order valence-corrected chi connectivity index (χ2v) is 24.3. The number of ether oxygens (including phenoxy) is 3. The third-order valence-electron chi connectivity index (χ3n) is 17.2. The van der Waals surface area contributed by atoms with Crippen LogP contribution in [0, 0.1) is 11.8 Å². The van der Waals surface area contributed by atoms with Crippen molar-refractivity contribution in [3.63, 3.8) is 0 Å². The van der Waals surface area contributed by atoms with Gasteiger partial charge in [-0.2, -0.15) is 0 Å². The quantitative estimate of drug-likeness (QED) is 0.0321. The van der Waals surface area contributed by atoms with Gasteiger partial charge in [0.2, 0.25) is 53.0 Å². The zero-order chi connectivity index (χ0) is 66.9. The van der Waals surface area contributed by atoms with E-state index in [1.54, 1.807) is 13.8 Å². The minimum absolute atomic E-state index is 0.0180. The highest BCUT2D eigenvalue weighted by Gasteiger charge is 2.51. The number of nitrogens with two attached hydrogens (primary N) is 1. The lowest BCUT2D eigenvalue weighted by Crippen LogP contribution is -2.62. The minimum atomic E-state index is -2.50. The topological polar surface area (TPSA) is 500 Å². The maximum Gasteiger partial charge on any atom is 0.245 e. The molecular weight excluding hydrogens is 1200 g/mol. The molecule has 2 aromatic carbocycles. The third-order valence-corrected chi connectivity index (χ3v) is 17.2. The number of Topliss-reactive ketones (excluding diaryl/α,β-unsaturated/α-hetero) is 1. The van der Waals surface area contributed by atoms with Gasteiger partial charge in [0.15, 0.2) is 17.9 Å². The maximum absolute atomic E-state index is 14.3. The molecule has 0 spiro atoms. The van der Waals surface area contributed by atoms with E-state index in [4.69, 9.17) is 19.9 Å². The summed E-state index contributed by atoms with van der Waals surface area (Å²) in [6, 6.07) is -7.06. The molecular formula is C60H83N9O22. The number of hydrogen-bond acceptors (Lipinski definition) is 23. The van der Waals surface area contributed by atoms with Crippen LogP contribution in [0.4, 0.5) is 0 Å². The summed E-state index contributed by atoms with van der Waals surface area (Å²) in [5.41, 5.74) is 0.628. The number of methoxy groups -OCH3 is 1. The SMILES string of the molecule is COc1cccc2c1C(=O)c1c(O)c3c(c(O)c1C2=O)C[C@@](O)(C(=O)CO)C[C@@H]3O[C@@H]1C[C@@H](NC(=O)[C@H](CC(C)C)NC(=O)[C@H](CO)NC(=O)[C@H](CCC(N)=O)NC(=O)C(NC(=O)[C@H](CO)NC(=O)[C@H](C)NC(=O)[C@@H]2C[C@H](O)CN2)C2CCCCC2)[C@@H](O)[C@@H](C)O1. The lowest BCUT2D eigenvalue weighted by atomic mass is 9.72. The second-order valence-electron chi connectivity index (χ2n) is 24.3. The molecule has 91 heavy (non-hydrogen) atoms. The van der Waals surface area contributed by atoms with Crippen molar-refractivity contribution < 1.29 is 108 Å². The summed E-state index contributed by atoms with van der Waals surface area (Å²) in [6.45, 7) is 3.13. The van der Waals surface area contributed by atoms with Gasteiger partial charge < -0.3 is 103 Å². The highest BCUT2D eigenvalue weighted by atomic mass is 16.7. The van der Waals surface area contributed by atoms with Gasteiger partial charge in [-0.05, 0) is 63.9 Å². The van der Waals surface area contributed by atoms with Crippen molar-refractivity contribution in [2.45, 2.75) is 189 Å². The number of aliphatic hydroxyl groups excluding tert-OH is 5. The number of phenolic OH excluding ortho intramolecular Hbond substituents is 2. The molecule has 500 valence electrons. The highest BCUT2D eigenvalue weighted by molar-refractivity contribution is 6.31. The number of aromatic hydroxyl groups is 2. The van der Waals surface area contributed by atoms with Gasteiger partial charge in [0.25, 0.3) is 0 Å². The number of ketones is 3. The van der Waals surface area contributed by atoms with E-state index in [1.165, 1.54) is 39.2 Å². The number of carbonyl (C=O) groups is 11. The van der Waals surface area contributed by atoms with E-state index in [2.05, 4.69) is 42.5 Å². The molecule has 2 aliphatic heterocycles. The van der Waals surface area contributed by atoms with E-state index in [0.717, 1.165) is 6.42 Å². The smallest absolute Gasteiger partial charge is 0.245 e. The molecule has 3 aliphatic carbocycles. The van der Waals surface area contributed by atoms with Gasteiger partial charge in [-0.3, -0.25) is 52.7 Å². The number of phenols is 2. The fourth-order valence-electron chi connectivity index (χ4n) is 12.3. The lowest BCUT2D eigenvalue weighted by Gasteiger charge is -2.43. The van der Waals surface area contributed by atoms with Crippen LogP contribution in [0.1, 0.15) is 147 Å². The highest BCUT2D eigenvalue weighted by Crippen LogP contribution is 2.52. The number of aliphatic hydroxyl groups is 6. The number of amides is 8. The van der Waals surface area contributed by atoms with Crippen molar-refractivity contribution in [1.29, 1.82) is 0 Å². The average molecular weight is 1280 g/mol. The summed E-state index contributed by atoms with van der Waals surface area (Å²) in [4.78, 5) is 150. The lowest BCUT2D eigenvalue weighted by molar-refractivity contribution is -0.249. The summed E-state index contributed by atoms with van der Waals surface area (Å²) < 4.78 is 17.6. The second kappa shape index (κ2) is 30.6. The minimum Gasteiger partial charge on any atom is -0.507 e. The first-order valence-electron chi connectivity index (χ1n) is 30.3. The number of nitrogens with one attached hydrogen (secondary N) is 8. The van der Waals surface area contributed by atoms with Crippen LogP contribution in [-0.2, 0) is 59.0 Å². The van der Waals surface area contributed by atoms with Gasteiger partial charge >= 0.3 is 0 Å². The molecule has 2 saturated heterocycles. The first-order chi connectivity index (χ1) is 43.1. The molecule has 31 heteroatoms. The molecule has 8 amide bonds. The molecule has 1 unspecified atom stereocenters. The molecule has 18 N–H and O–H groups in total. The predicted octanol–water partition coefficient (Wildman–Crippen LogP) is -4.31. The van der Waals surface area contributed by atoms with Crippen LogP contribution in [0.2, 0.25) is 0 Å². The molecule has 3 fully saturated rings. The molecule has 0 bridgehead atoms. The molecule has 14 atom stereocenters. The Hall–Kier alpha value is -7.75. The van der Waals surface area contributed by atoms with Crippen LogP contribution < -0.4 is 53.0 Å². The number of β-amino-alcohol motifs (C(OH)–C–C–N with tert-alkyl or cyclic N) is 1. The molecule has 2 heterocycles. The Balaban J connectivity index is 1.05. The molecule has 0 radical (unpaired) electrons.